The highest BCUT2D eigenvalue weighted by atomic mass is 127. The Morgan fingerprint density at radius 1 is 1.07 bits per heavy atom. The highest BCUT2D eigenvalue weighted by Crippen LogP contribution is 2.43. The largest absolute Gasteiger partial charge is 0.357 e. The number of rotatable bonds is 7. The molecule has 152 valence electrons. The van der Waals surface area contributed by atoms with E-state index < -0.39 is 0 Å². The van der Waals surface area contributed by atoms with Gasteiger partial charge in [-0.3, -0.25) is 9.79 Å². The number of aliphatic imine (C=N–C) groups is 1. The van der Waals surface area contributed by atoms with Gasteiger partial charge in [0.1, 0.15) is 0 Å². The number of amides is 1. The molecule has 27 heavy (non-hydrogen) atoms. The number of nitrogens with one attached hydrogen (secondary N) is 3. The van der Waals surface area contributed by atoms with Crippen molar-refractivity contribution in [2.45, 2.75) is 52.4 Å². The van der Waals surface area contributed by atoms with Gasteiger partial charge in [0.2, 0.25) is 5.91 Å². The van der Waals surface area contributed by atoms with Gasteiger partial charge in [0, 0.05) is 30.5 Å². The van der Waals surface area contributed by atoms with Crippen molar-refractivity contribution in [3.05, 3.63) is 35.9 Å². The van der Waals surface area contributed by atoms with Crippen LogP contribution in [0.25, 0.3) is 0 Å². The normalized spacial score (nSPS) is 15.9. The van der Waals surface area contributed by atoms with E-state index in [2.05, 4.69) is 53.2 Å². The maximum Gasteiger partial charge on any atom is 0.225 e. The van der Waals surface area contributed by atoms with Crippen LogP contribution >= 0.6 is 24.0 Å². The molecule has 1 aromatic rings. The Hall–Kier alpha value is -1.31. The molecule has 0 radical (unpaired) electrons. The minimum atomic E-state index is -0.356. The van der Waals surface area contributed by atoms with Gasteiger partial charge in [-0.2, -0.15) is 0 Å². The summed E-state index contributed by atoms with van der Waals surface area (Å²) in [7, 11) is 0. The first-order valence-electron chi connectivity index (χ1n) is 9.73. The Balaban J connectivity index is 0.00000364. The quantitative estimate of drug-likeness (QED) is 0.240. The predicted octanol–water partition coefficient (Wildman–Crippen LogP) is 3.44. The van der Waals surface area contributed by atoms with Crippen LogP contribution in [0.1, 0.15) is 52.5 Å². The smallest absolute Gasteiger partial charge is 0.225 e. The molecule has 2 rings (SSSR count). The van der Waals surface area contributed by atoms with Crippen LogP contribution in [0.3, 0.4) is 0 Å². The maximum atomic E-state index is 11.9. The lowest BCUT2D eigenvalue weighted by atomic mass is 9.64. The number of guanidine groups is 1. The molecule has 0 unspecified atom stereocenters. The number of carbonyl (C=O) groups excluding carboxylic acids is 1. The molecule has 1 amide bonds. The van der Waals surface area contributed by atoms with Crippen molar-refractivity contribution < 1.29 is 4.79 Å². The SMILES string of the molecule is CCNC(=NCC1(c2ccccc2)CCC1)NCCNC(=O)C(C)(C)C.I. The first-order chi connectivity index (χ1) is 12.4. The van der Waals surface area contributed by atoms with E-state index in [0.717, 1.165) is 19.0 Å². The van der Waals surface area contributed by atoms with Gasteiger partial charge in [-0.25, -0.2) is 0 Å². The zero-order valence-corrected chi connectivity index (χ0v) is 19.4. The molecule has 0 heterocycles. The lowest BCUT2D eigenvalue weighted by Crippen LogP contribution is -2.45. The Morgan fingerprint density at radius 3 is 2.22 bits per heavy atom. The van der Waals surface area contributed by atoms with Gasteiger partial charge in [0.25, 0.3) is 0 Å². The molecule has 5 nitrogen and oxygen atoms in total. The third kappa shape index (κ3) is 6.97. The van der Waals surface area contributed by atoms with Crippen LogP contribution < -0.4 is 16.0 Å². The Labute approximate surface area is 181 Å². The molecular formula is C21H35IN4O. The van der Waals surface area contributed by atoms with Crippen molar-refractivity contribution in [2.75, 3.05) is 26.2 Å². The van der Waals surface area contributed by atoms with Crippen molar-refractivity contribution in [1.29, 1.82) is 0 Å². The summed E-state index contributed by atoms with van der Waals surface area (Å²) in [6.07, 6.45) is 3.66. The summed E-state index contributed by atoms with van der Waals surface area (Å²) in [6, 6.07) is 10.7. The van der Waals surface area contributed by atoms with Gasteiger partial charge in [-0.1, -0.05) is 57.5 Å². The second kappa shape index (κ2) is 10.9. The van der Waals surface area contributed by atoms with Crippen LogP contribution in [0.4, 0.5) is 0 Å². The van der Waals surface area contributed by atoms with Crippen molar-refractivity contribution in [3.63, 3.8) is 0 Å². The standard InChI is InChI=1S/C21H34N4O.HI/c1-5-22-19(24-15-14-23-18(26)20(2,3)4)25-16-21(12-9-13-21)17-10-7-6-8-11-17;/h6-8,10-11H,5,9,12-16H2,1-4H3,(H,23,26)(H2,22,24,25);1H. The third-order valence-electron chi connectivity index (χ3n) is 4.97. The minimum Gasteiger partial charge on any atom is -0.357 e. The molecule has 0 aromatic heterocycles. The van der Waals surface area contributed by atoms with Gasteiger partial charge in [-0.15, -0.1) is 24.0 Å². The first kappa shape index (κ1) is 23.7. The summed E-state index contributed by atoms with van der Waals surface area (Å²) in [5.74, 6) is 0.887. The molecule has 0 atom stereocenters. The summed E-state index contributed by atoms with van der Waals surface area (Å²) in [5.41, 5.74) is 1.22. The fraction of sp³-hybridized carbons (Fsp3) is 0.619. The fourth-order valence-corrected chi connectivity index (χ4v) is 3.13. The summed E-state index contributed by atoms with van der Waals surface area (Å²) in [5, 5.41) is 9.58. The van der Waals surface area contributed by atoms with Crippen LogP contribution in [0.15, 0.2) is 35.3 Å². The van der Waals surface area contributed by atoms with E-state index in [9.17, 15) is 4.79 Å². The second-order valence-corrected chi connectivity index (χ2v) is 8.13. The molecule has 0 saturated heterocycles. The first-order valence-corrected chi connectivity index (χ1v) is 9.73. The molecule has 1 aliphatic carbocycles. The summed E-state index contributed by atoms with van der Waals surface area (Å²) in [4.78, 5) is 16.7. The number of benzene rings is 1. The molecule has 1 aliphatic rings. The predicted molar refractivity (Wildman–Crippen MR) is 124 cm³/mol. The third-order valence-corrected chi connectivity index (χ3v) is 4.97. The molecule has 1 aromatic carbocycles. The zero-order valence-electron chi connectivity index (χ0n) is 17.1. The average molecular weight is 486 g/mol. The lowest BCUT2D eigenvalue weighted by molar-refractivity contribution is -0.128. The van der Waals surface area contributed by atoms with Crippen molar-refractivity contribution >= 4 is 35.8 Å². The van der Waals surface area contributed by atoms with Crippen molar-refractivity contribution in [1.82, 2.24) is 16.0 Å². The summed E-state index contributed by atoms with van der Waals surface area (Å²) in [6.45, 7) is 10.7. The Kier molecular flexibility index (Phi) is 9.56. The van der Waals surface area contributed by atoms with Crippen LogP contribution in [0.5, 0.6) is 0 Å². The second-order valence-electron chi connectivity index (χ2n) is 8.13. The van der Waals surface area contributed by atoms with Crippen LogP contribution in [-0.4, -0.2) is 38.0 Å². The summed E-state index contributed by atoms with van der Waals surface area (Å²) < 4.78 is 0. The lowest BCUT2D eigenvalue weighted by Gasteiger charge is -2.41. The van der Waals surface area contributed by atoms with E-state index in [-0.39, 0.29) is 40.7 Å². The monoisotopic (exact) mass is 486 g/mol. The number of halogens is 1. The molecule has 1 saturated carbocycles. The zero-order chi connectivity index (χ0) is 19.0. The topological polar surface area (TPSA) is 65.5 Å². The Morgan fingerprint density at radius 2 is 1.70 bits per heavy atom. The van der Waals surface area contributed by atoms with Gasteiger partial charge >= 0.3 is 0 Å². The fourth-order valence-electron chi connectivity index (χ4n) is 3.13. The molecule has 0 aliphatic heterocycles. The van der Waals surface area contributed by atoms with Crippen LogP contribution in [0.2, 0.25) is 0 Å². The molecule has 0 bridgehead atoms. The molecular weight excluding hydrogens is 451 g/mol. The van der Waals surface area contributed by atoms with E-state index in [1.807, 2.05) is 20.8 Å². The number of hydrogen-bond donors (Lipinski definition) is 3. The van der Waals surface area contributed by atoms with Crippen LogP contribution in [0, 0.1) is 5.41 Å². The van der Waals surface area contributed by atoms with Crippen LogP contribution in [-0.2, 0) is 10.2 Å². The van der Waals surface area contributed by atoms with Gasteiger partial charge in [0.05, 0.1) is 6.54 Å². The average Bonchev–Trinajstić information content (AvgIpc) is 2.57. The van der Waals surface area contributed by atoms with E-state index in [1.165, 1.54) is 24.8 Å². The van der Waals surface area contributed by atoms with Crippen molar-refractivity contribution in [3.8, 4) is 0 Å². The molecule has 3 N–H and O–H groups in total. The molecule has 1 fully saturated rings. The van der Waals surface area contributed by atoms with Crippen molar-refractivity contribution in [2.24, 2.45) is 10.4 Å². The number of carbonyl (C=O) groups is 1. The van der Waals surface area contributed by atoms with Gasteiger partial charge in [0.15, 0.2) is 5.96 Å². The highest BCUT2D eigenvalue weighted by Gasteiger charge is 2.38. The number of hydrogen-bond acceptors (Lipinski definition) is 2. The number of nitrogens with zero attached hydrogens (tertiary/aromatic N) is 1. The van der Waals surface area contributed by atoms with E-state index >= 15 is 0 Å². The van der Waals surface area contributed by atoms with E-state index in [1.54, 1.807) is 0 Å². The Bertz CT molecular complexity index is 606. The molecule has 6 heteroatoms. The maximum absolute atomic E-state index is 11.9. The minimum absolute atomic E-state index is 0. The molecule has 0 spiro atoms. The summed E-state index contributed by atoms with van der Waals surface area (Å²) >= 11 is 0. The van der Waals surface area contributed by atoms with Gasteiger partial charge in [-0.05, 0) is 25.3 Å². The van der Waals surface area contributed by atoms with E-state index in [0.29, 0.717) is 13.1 Å². The van der Waals surface area contributed by atoms with E-state index in [4.69, 9.17) is 4.99 Å². The highest BCUT2D eigenvalue weighted by molar-refractivity contribution is 14.0. The van der Waals surface area contributed by atoms with Gasteiger partial charge < -0.3 is 16.0 Å².